The molecule has 0 aliphatic rings. The quantitative estimate of drug-likeness (QED) is 0.242. The van der Waals surface area contributed by atoms with Crippen LogP contribution in [-0.2, 0) is 13.2 Å². The first-order valence-electron chi connectivity index (χ1n) is 10.7. The number of hydrogen-bond donors (Lipinski definition) is 1. The number of carbonyl (C=O) groups is 1. The zero-order valence-corrected chi connectivity index (χ0v) is 18.1. The highest BCUT2D eigenvalue weighted by molar-refractivity contribution is 6.10. The molecule has 0 heterocycles. The van der Waals surface area contributed by atoms with Gasteiger partial charge < -0.3 is 14.6 Å². The fraction of sp³-hybridized carbons (Fsp3) is 0.0690. The summed E-state index contributed by atoms with van der Waals surface area (Å²) in [5.41, 5.74) is 3.06. The minimum Gasteiger partial charge on any atom is -0.507 e. The number of ether oxygens (including phenoxy) is 2. The Morgan fingerprint density at radius 2 is 1.30 bits per heavy atom. The minimum atomic E-state index is -0.333. The summed E-state index contributed by atoms with van der Waals surface area (Å²) in [6, 6.07) is 31.9. The Morgan fingerprint density at radius 3 is 1.94 bits per heavy atom. The predicted molar refractivity (Wildman–Crippen MR) is 129 cm³/mol. The highest BCUT2D eigenvalue weighted by Gasteiger charge is 2.15. The Kier molecular flexibility index (Phi) is 7.18. The molecule has 1 N–H and O–H groups in total. The van der Waals surface area contributed by atoms with Gasteiger partial charge in [-0.15, -0.1) is 0 Å². The molecule has 4 nitrogen and oxygen atoms in total. The van der Waals surface area contributed by atoms with E-state index < -0.39 is 0 Å². The molecule has 4 aromatic rings. The maximum absolute atomic E-state index is 12.8. The number of aromatic hydroxyl groups is 1. The molecule has 164 valence electrons. The molecule has 0 spiro atoms. The van der Waals surface area contributed by atoms with Crippen LogP contribution in [0.4, 0.5) is 0 Å². The van der Waals surface area contributed by atoms with Gasteiger partial charge in [-0.3, -0.25) is 4.79 Å². The summed E-state index contributed by atoms with van der Waals surface area (Å²) >= 11 is 0. The van der Waals surface area contributed by atoms with Crippen molar-refractivity contribution < 1.29 is 19.4 Å². The number of benzene rings is 4. The Bertz CT molecular complexity index is 1210. The lowest BCUT2D eigenvalue weighted by Crippen LogP contribution is -2.03. The molecule has 0 aliphatic carbocycles. The molecule has 0 atom stereocenters. The summed E-state index contributed by atoms with van der Waals surface area (Å²) in [4.78, 5) is 12.8. The normalized spacial score (nSPS) is 10.8. The monoisotopic (exact) mass is 436 g/mol. The summed E-state index contributed by atoms with van der Waals surface area (Å²) in [6.45, 7) is 0.798. The molecule has 4 heteroatoms. The molecule has 4 aromatic carbocycles. The number of rotatable bonds is 9. The van der Waals surface area contributed by atoms with Crippen LogP contribution in [0.15, 0.2) is 109 Å². The fourth-order valence-electron chi connectivity index (χ4n) is 3.29. The molecule has 0 fully saturated rings. The van der Waals surface area contributed by atoms with Gasteiger partial charge in [0.15, 0.2) is 5.78 Å². The van der Waals surface area contributed by atoms with Gasteiger partial charge in [-0.05, 0) is 47.0 Å². The topological polar surface area (TPSA) is 55.8 Å². The Labute approximate surface area is 193 Å². The van der Waals surface area contributed by atoms with E-state index in [1.807, 2.05) is 84.9 Å². The van der Waals surface area contributed by atoms with Gasteiger partial charge in [0.1, 0.15) is 36.0 Å². The van der Waals surface area contributed by atoms with Gasteiger partial charge in [0, 0.05) is 0 Å². The van der Waals surface area contributed by atoms with Crippen molar-refractivity contribution in [2.24, 2.45) is 0 Å². The van der Waals surface area contributed by atoms with E-state index in [9.17, 15) is 9.90 Å². The van der Waals surface area contributed by atoms with Crippen LogP contribution in [0.25, 0.3) is 6.08 Å². The summed E-state index contributed by atoms with van der Waals surface area (Å²) in [6.07, 6.45) is 3.14. The third kappa shape index (κ3) is 6.11. The SMILES string of the molecule is O=C(C=Cc1ccc(OCc2ccccc2)cc1)c1c(O)cccc1OCc1ccccc1. The molecular weight excluding hydrogens is 412 g/mol. The second-order valence-electron chi connectivity index (χ2n) is 7.47. The lowest BCUT2D eigenvalue weighted by molar-refractivity contribution is 0.104. The lowest BCUT2D eigenvalue weighted by atomic mass is 10.1. The van der Waals surface area contributed by atoms with Crippen molar-refractivity contribution in [1.82, 2.24) is 0 Å². The molecule has 0 saturated carbocycles. The van der Waals surface area contributed by atoms with Gasteiger partial charge in [-0.25, -0.2) is 0 Å². The van der Waals surface area contributed by atoms with Crippen LogP contribution in [0.5, 0.6) is 17.2 Å². The second kappa shape index (κ2) is 10.8. The largest absolute Gasteiger partial charge is 0.507 e. The Hall–Kier alpha value is -4.31. The number of phenolic OH excluding ortho intramolecular Hbond substituents is 1. The van der Waals surface area contributed by atoms with Crippen molar-refractivity contribution in [3.05, 3.63) is 131 Å². The van der Waals surface area contributed by atoms with Gasteiger partial charge in [-0.2, -0.15) is 0 Å². The van der Waals surface area contributed by atoms with Crippen LogP contribution >= 0.6 is 0 Å². The van der Waals surface area contributed by atoms with E-state index in [1.165, 1.54) is 12.1 Å². The first-order valence-corrected chi connectivity index (χ1v) is 10.7. The zero-order chi connectivity index (χ0) is 22.9. The number of ketones is 1. The van der Waals surface area contributed by atoms with Crippen molar-refractivity contribution in [2.45, 2.75) is 13.2 Å². The van der Waals surface area contributed by atoms with E-state index in [0.717, 1.165) is 22.4 Å². The Balaban J connectivity index is 1.40. The van der Waals surface area contributed by atoms with Crippen LogP contribution < -0.4 is 9.47 Å². The van der Waals surface area contributed by atoms with Gasteiger partial charge in [-0.1, -0.05) is 84.9 Å². The van der Waals surface area contributed by atoms with Crippen molar-refractivity contribution in [3.8, 4) is 17.2 Å². The average Bonchev–Trinajstić information content (AvgIpc) is 2.86. The molecule has 4 rings (SSSR count). The molecule has 0 radical (unpaired) electrons. The maximum atomic E-state index is 12.8. The molecule has 0 amide bonds. The van der Waals surface area contributed by atoms with Crippen molar-refractivity contribution in [3.63, 3.8) is 0 Å². The molecule has 0 aromatic heterocycles. The van der Waals surface area contributed by atoms with Gasteiger partial charge in [0.2, 0.25) is 0 Å². The smallest absolute Gasteiger partial charge is 0.193 e. The number of allylic oxidation sites excluding steroid dienone is 1. The molecule has 33 heavy (non-hydrogen) atoms. The van der Waals surface area contributed by atoms with Crippen LogP contribution in [0, 0.1) is 0 Å². The summed E-state index contributed by atoms with van der Waals surface area (Å²) in [5.74, 6) is 0.651. The van der Waals surface area contributed by atoms with E-state index in [2.05, 4.69) is 0 Å². The first kappa shape index (κ1) is 21.9. The Morgan fingerprint density at radius 1 is 0.697 bits per heavy atom. The van der Waals surface area contributed by atoms with Crippen LogP contribution in [0.3, 0.4) is 0 Å². The van der Waals surface area contributed by atoms with E-state index in [4.69, 9.17) is 9.47 Å². The highest BCUT2D eigenvalue weighted by atomic mass is 16.5. The van der Waals surface area contributed by atoms with E-state index >= 15 is 0 Å². The third-order valence-electron chi connectivity index (χ3n) is 5.04. The number of hydrogen-bond acceptors (Lipinski definition) is 4. The van der Waals surface area contributed by atoms with Crippen LogP contribution in [0.1, 0.15) is 27.0 Å². The minimum absolute atomic E-state index is 0.111. The van der Waals surface area contributed by atoms with Gasteiger partial charge in [0.05, 0.1) is 0 Å². The molecule has 0 bridgehead atoms. The summed E-state index contributed by atoms with van der Waals surface area (Å²) in [5, 5.41) is 10.3. The number of carbonyl (C=O) groups excluding carboxylic acids is 1. The van der Waals surface area contributed by atoms with Gasteiger partial charge in [0.25, 0.3) is 0 Å². The average molecular weight is 437 g/mol. The molecule has 0 saturated heterocycles. The molecule has 0 aliphatic heterocycles. The van der Waals surface area contributed by atoms with Crippen LogP contribution in [-0.4, -0.2) is 10.9 Å². The van der Waals surface area contributed by atoms with Crippen molar-refractivity contribution in [2.75, 3.05) is 0 Å². The number of phenols is 1. The molecule has 0 unspecified atom stereocenters. The summed E-state index contributed by atoms with van der Waals surface area (Å²) < 4.78 is 11.6. The fourth-order valence-corrected chi connectivity index (χ4v) is 3.29. The van der Waals surface area contributed by atoms with E-state index in [-0.39, 0.29) is 17.1 Å². The van der Waals surface area contributed by atoms with E-state index in [0.29, 0.717) is 19.0 Å². The zero-order valence-electron chi connectivity index (χ0n) is 18.1. The van der Waals surface area contributed by atoms with Crippen molar-refractivity contribution in [1.29, 1.82) is 0 Å². The highest BCUT2D eigenvalue weighted by Crippen LogP contribution is 2.29. The van der Waals surface area contributed by atoms with E-state index in [1.54, 1.807) is 18.2 Å². The van der Waals surface area contributed by atoms with Crippen molar-refractivity contribution >= 4 is 11.9 Å². The van der Waals surface area contributed by atoms with Crippen LogP contribution in [0.2, 0.25) is 0 Å². The van der Waals surface area contributed by atoms with Gasteiger partial charge >= 0.3 is 0 Å². The lowest BCUT2D eigenvalue weighted by Gasteiger charge is -2.11. The third-order valence-corrected chi connectivity index (χ3v) is 5.04. The predicted octanol–water partition coefficient (Wildman–Crippen LogP) is 6.45. The molecular formula is C29H24O4. The standard InChI is InChI=1S/C29H24O4/c30-26-12-7-13-28(33-21-24-10-5-2-6-11-24)29(26)27(31)19-16-22-14-17-25(18-15-22)32-20-23-8-3-1-4-9-23/h1-19,30H,20-21H2. The maximum Gasteiger partial charge on any atom is 0.193 e. The first-order chi connectivity index (χ1) is 16.2. The summed E-state index contributed by atoms with van der Waals surface area (Å²) in [7, 11) is 0. The second-order valence-corrected chi connectivity index (χ2v) is 7.47.